The van der Waals surface area contributed by atoms with Gasteiger partial charge in [-0.25, -0.2) is 0 Å². The van der Waals surface area contributed by atoms with Crippen LogP contribution in [0.25, 0.3) is 0 Å². The normalized spacial score (nSPS) is 12.5. The number of nitrogens with one attached hydrogen (secondary N) is 1. The van der Waals surface area contributed by atoms with Gasteiger partial charge >= 0.3 is 5.97 Å². The van der Waals surface area contributed by atoms with Crippen LogP contribution in [0.2, 0.25) is 0 Å². The highest BCUT2D eigenvalue weighted by Crippen LogP contribution is 2.18. The minimum absolute atomic E-state index is 0.0146. The van der Waals surface area contributed by atoms with Crippen LogP contribution in [-0.4, -0.2) is 47.4 Å². The fourth-order valence-electron chi connectivity index (χ4n) is 9.05. The van der Waals surface area contributed by atoms with Crippen LogP contribution in [-0.2, 0) is 14.3 Å². The third-order valence-corrected chi connectivity index (χ3v) is 13.4. The molecule has 0 aromatic carbocycles. The first-order valence-electron chi connectivity index (χ1n) is 28.3. The highest BCUT2D eigenvalue weighted by Gasteiger charge is 2.20. The second kappa shape index (κ2) is 52.5. The zero-order valence-corrected chi connectivity index (χ0v) is 42.1. The Kier molecular flexibility index (Phi) is 51.5. The topological polar surface area (TPSA) is 95.9 Å². The van der Waals surface area contributed by atoms with E-state index < -0.39 is 12.1 Å². The lowest BCUT2D eigenvalue weighted by Crippen LogP contribution is -2.45. The molecule has 0 spiro atoms. The third kappa shape index (κ3) is 48.3. The summed E-state index contributed by atoms with van der Waals surface area (Å²) in [6.07, 6.45) is 59.6. The van der Waals surface area contributed by atoms with Gasteiger partial charge < -0.3 is 20.3 Å². The van der Waals surface area contributed by atoms with Gasteiger partial charge in [-0.05, 0) is 25.7 Å². The second-order valence-corrected chi connectivity index (χ2v) is 19.6. The number of aliphatic hydroxyl groups excluding tert-OH is 2. The van der Waals surface area contributed by atoms with Gasteiger partial charge in [-0.1, -0.05) is 284 Å². The Bertz CT molecular complexity index is 882. The van der Waals surface area contributed by atoms with Crippen molar-refractivity contribution in [3.63, 3.8) is 0 Å². The van der Waals surface area contributed by atoms with E-state index in [1.54, 1.807) is 0 Å². The smallest absolute Gasteiger partial charge is 0.305 e. The summed E-state index contributed by atoms with van der Waals surface area (Å²) in [5.74, 6) is -0.0193. The van der Waals surface area contributed by atoms with Gasteiger partial charge in [0, 0.05) is 12.8 Å². The van der Waals surface area contributed by atoms with E-state index in [0.717, 1.165) is 38.5 Å². The lowest BCUT2D eigenvalue weighted by molar-refractivity contribution is -0.143. The lowest BCUT2D eigenvalue weighted by atomic mass is 10.0. The molecule has 0 saturated carbocycles. The van der Waals surface area contributed by atoms with Crippen molar-refractivity contribution < 1.29 is 24.5 Å². The zero-order chi connectivity index (χ0) is 45.1. The Morgan fingerprint density at radius 3 is 0.984 bits per heavy atom. The average Bonchev–Trinajstić information content (AvgIpc) is 3.27. The number of carbonyl (C=O) groups is 2. The molecule has 3 N–H and O–H groups in total. The molecule has 0 aromatic heterocycles. The molecule has 62 heavy (non-hydrogen) atoms. The number of hydrogen-bond donors (Lipinski definition) is 3. The molecule has 0 radical (unpaired) electrons. The van der Waals surface area contributed by atoms with E-state index in [0.29, 0.717) is 25.9 Å². The molecule has 2 unspecified atom stereocenters. The predicted octanol–water partition coefficient (Wildman–Crippen LogP) is 17.1. The second-order valence-electron chi connectivity index (χ2n) is 19.6. The van der Waals surface area contributed by atoms with Crippen molar-refractivity contribution in [2.24, 2.45) is 0 Å². The Morgan fingerprint density at radius 2 is 0.661 bits per heavy atom. The molecule has 0 rings (SSSR count). The summed E-state index contributed by atoms with van der Waals surface area (Å²) < 4.78 is 5.46. The van der Waals surface area contributed by atoms with Crippen molar-refractivity contribution in [1.29, 1.82) is 0 Å². The molecule has 0 aromatic rings. The maximum absolute atomic E-state index is 12.4. The first kappa shape index (κ1) is 60.9. The van der Waals surface area contributed by atoms with Gasteiger partial charge in [-0.3, -0.25) is 9.59 Å². The first-order valence-corrected chi connectivity index (χ1v) is 28.3. The highest BCUT2D eigenvalue weighted by molar-refractivity contribution is 5.76. The van der Waals surface area contributed by atoms with Gasteiger partial charge in [0.15, 0.2) is 0 Å². The van der Waals surface area contributed by atoms with Crippen molar-refractivity contribution in [3.8, 4) is 0 Å². The molecule has 0 heterocycles. The van der Waals surface area contributed by atoms with Crippen LogP contribution in [0.15, 0.2) is 0 Å². The number of unbranched alkanes of at least 4 members (excludes halogenated alkanes) is 42. The first-order chi connectivity index (χ1) is 30.5. The minimum Gasteiger partial charge on any atom is -0.466 e. The quantitative estimate of drug-likeness (QED) is 0.0418. The van der Waals surface area contributed by atoms with Gasteiger partial charge in [0.2, 0.25) is 5.91 Å². The van der Waals surface area contributed by atoms with E-state index >= 15 is 0 Å². The minimum atomic E-state index is -0.661. The Morgan fingerprint density at radius 1 is 0.387 bits per heavy atom. The van der Waals surface area contributed by atoms with Crippen molar-refractivity contribution in [1.82, 2.24) is 5.32 Å². The molecule has 0 saturated heterocycles. The largest absolute Gasteiger partial charge is 0.466 e. The molecule has 6 heteroatoms. The van der Waals surface area contributed by atoms with Crippen LogP contribution in [0.1, 0.15) is 322 Å². The molecule has 0 aliphatic heterocycles. The monoisotopic (exact) mass is 878 g/mol. The Labute approximate surface area is 387 Å². The summed E-state index contributed by atoms with van der Waals surface area (Å²) in [7, 11) is 0. The van der Waals surface area contributed by atoms with E-state index in [1.807, 2.05) is 0 Å². The summed E-state index contributed by atoms with van der Waals surface area (Å²) in [5.41, 5.74) is 0. The van der Waals surface area contributed by atoms with Crippen LogP contribution < -0.4 is 5.32 Å². The van der Waals surface area contributed by atoms with Crippen LogP contribution in [0, 0.1) is 0 Å². The van der Waals surface area contributed by atoms with E-state index in [1.165, 1.54) is 250 Å². The molecule has 0 fully saturated rings. The van der Waals surface area contributed by atoms with Crippen molar-refractivity contribution in [2.75, 3.05) is 13.2 Å². The number of carbonyl (C=O) groups excluding carboxylic acids is 2. The van der Waals surface area contributed by atoms with Crippen molar-refractivity contribution in [3.05, 3.63) is 0 Å². The SMILES string of the molecule is CCCCCCCCCCCCCC(=O)OCCCCCCCCCCCCCCCCCCCCCCCCCC(=O)NC(CO)C(O)CCCCCCCCCCCCC. The Hall–Kier alpha value is -1.14. The number of aliphatic hydroxyl groups is 2. The van der Waals surface area contributed by atoms with Crippen molar-refractivity contribution in [2.45, 2.75) is 334 Å². The van der Waals surface area contributed by atoms with E-state index in [9.17, 15) is 19.8 Å². The summed E-state index contributed by atoms with van der Waals surface area (Å²) in [5, 5.41) is 23.2. The predicted molar refractivity (Wildman–Crippen MR) is 269 cm³/mol. The van der Waals surface area contributed by atoms with Crippen LogP contribution in [0.5, 0.6) is 0 Å². The number of amides is 1. The molecule has 6 nitrogen and oxygen atoms in total. The number of rotatable bonds is 53. The van der Waals surface area contributed by atoms with Gasteiger partial charge in [0.25, 0.3) is 0 Å². The molecule has 0 aliphatic rings. The summed E-state index contributed by atoms with van der Waals surface area (Å²) in [6, 6.07) is -0.538. The number of hydrogen-bond acceptors (Lipinski definition) is 5. The summed E-state index contributed by atoms with van der Waals surface area (Å²) in [4.78, 5) is 24.4. The highest BCUT2D eigenvalue weighted by atomic mass is 16.5. The van der Waals surface area contributed by atoms with E-state index in [4.69, 9.17) is 4.74 Å². The summed E-state index contributed by atoms with van der Waals surface area (Å²) in [6.45, 7) is 4.96. The molecule has 2 atom stereocenters. The average molecular weight is 879 g/mol. The van der Waals surface area contributed by atoms with Gasteiger partial charge in [-0.2, -0.15) is 0 Å². The third-order valence-electron chi connectivity index (χ3n) is 13.4. The lowest BCUT2D eigenvalue weighted by Gasteiger charge is -2.22. The van der Waals surface area contributed by atoms with Gasteiger partial charge in [0.1, 0.15) is 0 Å². The maximum atomic E-state index is 12.4. The molecule has 1 amide bonds. The van der Waals surface area contributed by atoms with Crippen molar-refractivity contribution >= 4 is 11.9 Å². The number of esters is 1. The number of ether oxygens (including phenoxy) is 1. The molecule has 370 valence electrons. The van der Waals surface area contributed by atoms with Gasteiger partial charge in [0.05, 0.1) is 25.4 Å². The van der Waals surface area contributed by atoms with E-state index in [-0.39, 0.29) is 18.5 Å². The molecule has 0 bridgehead atoms. The zero-order valence-electron chi connectivity index (χ0n) is 42.1. The van der Waals surface area contributed by atoms with Crippen LogP contribution in [0.3, 0.4) is 0 Å². The van der Waals surface area contributed by atoms with Crippen LogP contribution in [0.4, 0.5) is 0 Å². The standard InChI is InChI=1S/C56H111NO5/c1-3-5-7-9-11-13-28-32-36-40-44-48-54(59)53(52-58)57-55(60)49-45-41-37-33-30-26-24-22-20-18-16-15-17-19-21-23-25-27-31-35-39-43-47-51-62-56(61)50-46-42-38-34-29-14-12-10-8-6-4-2/h53-54,58-59H,3-52H2,1-2H3,(H,57,60). The van der Waals surface area contributed by atoms with E-state index in [2.05, 4.69) is 19.2 Å². The van der Waals surface area contributed by atoms with Gasteiger partial charge in [-0.15, -0.1) is 0 Å². The molecular formula is C56H111NO5. The maximum Gasteiger partial charge on any atom is 0.305 e. The summed E-state index contributed by atoms with van der Waals surface area (Å²) >= 11 is 0. The fourth-order valence-corrected chi connectivity index (χ4v) is 9.05. The van der Waals surface area contributed by atoms with Crippen LogP contribution >= 0.6 is 0 Å². The molecule has 0 aliphatic carbocycles. The molecular weight excluding hydrogens is 767 g/mol. The fraction of sp³-hybridized carbons (Fsp3) is 0.964. The Balaban J connectivity index is 3.34.